The minimum Gasteiger partial charge on any atom is -0.387 e. The summed E-state index contributed by atoms with van der Waals surface area (Å²) in [5, 5.41) is 10.8. The van der Waals surface area contributed by atoms with E-state index in [0.717, 1.165) is 31.7 Å². The highest BCUT2D eigenvalue weighted by Gasteiger charge is 2.22. The maximum atomic E-state index is 11.2. The molecule has 3 N–H and O–H groups in total. The zero-order valence-corrected chi connectivity index (χ0v) is 14.6. The second-order valence-electron chi connectivity index (χ2n) is 6.11. The van der Waals surface area contributed by atoms with Gasteiger partial charge in [-0.2, -0.15) is 0 Å². The van der Waals surface area contributed by atoms with Gasteiger partial charge in [-0.3, -0.25) is 9.69 Å². The highest BCUT2D eigenvalue weighted by molar-refractivity contribution is 6.33. The molecule has 132 valence electrons. The Labute approximate surface area is 151 Å². The lowest BCUT2D eigenvalue weighted by atomic mass is 10.1. The minimum atomic E-state index is -0.541. The summed E-state index contributed by atoms with van der Waals surface area (Å²) in [6, 6.07) is 11.2. The summed E-state index contributed by atoms with van der Waals surface area (Å²) in [7, 11) is 0. The van der Waals surface area contributed by atoms with Crippen LogP contribution < -0.4 is 10.6 Å². The number of benzene rings is 1. The van der Waals surface area contributed by atoms with Crippen molar-refractivity contribution >= 4 is 23.3 Å². The van der Waals surface area contributed by atoms with Gasteiger partial charge >= 0.3 is 0 Å². The van der Waals surface area contributed by atoms with Crippen molar-refractivity contribution in [2.24, 2.45) is 5.73 Å². The van der Waals surface area contributed by atoms with E-state index >= 15 is 0 Å². The van der Waals surface area contributed by atoms with Gasteiger partial charge in [-0.15, -0.1) is 0 Å². The van der Waals surface area contributed by atoms with E-state index in [4.69, 9.17) is 17.3 Å². The number of carbonyl (C=O) groups is 1. The standard InChI is InChI=1S/C18H21ClN4O2/c19-15-10-14(17(20)25)11-21-18(15)23-8-6-22(7-9-23)12-16(24)13-4-2-1-3-5-13/h1-5,10-11,16,24H,6-9,12H2,(H2,20,25). The second-order valence-corrected chi connectivity index (χ2v) is 6.52. The average molecular weight is 361 g/mol. The van der Waals surface area contributed by atoms with Crippen molar-refractivity contribution in [1.29, 1.82) is 0 Å². The highest BCUT2D eigenvalue weighted by atomic mass is 35.5. The molecule has 1 aliphatic rings. The number of aliphatic hydroxyl groups is 1. The molecular formula is C18H21ClN4O2. The van der Waals surface area contributed by atoms with Crippen LogP contribution in [0.1, 0.15) is 22.0 Å². The number of anilines is 1. The summed E-state index contributed by atoms with van der Waals surface area (Å²) in [5.74, 6) is 0.121. The van der Waals surface area contributed by atoms with E-state index in [2.05, 4.69) is 14.8 Å². The molecule has 6 nitrogen and oxygen atoms in total. The van der Waals surface area contributed by atoms with Crippen LogP contribution in [0.2, 0.25) is 5.02 Å². The van der Waals surface area contributed by atoms with E-state index in [9.17, 15) is 9.90 Å². The van der Waals surface area contributed by atoms with Gasteiger partial charge in [0.1, 0.15) is 5.82 Å². The Morgan fingerprint density at radius 3 is 2.52 bits per heavy atom. The number of primary amides is 1. The zero-order valence-electron chi connectivity index (χ0n) is 13.8. The number of rotatable bonds is 5. The third-order valence-electron chi connectivity index (χ3n) is 4.39. The third kappa shape index (κ3) is 4.28. The van der Waals surface area contributed by atoms with Gasteiger partial charge in [0.05, 0.1) is 16.7 Å². The number of aliphatic hydroxyl groups excluding tert-OH is 1. The fourth-order valence-corrected chi connectivity index (χ4v) is 3.25. The van der Waals surface area contributed by atoms with Crippen molar-refractivity contribution in [2.75, 3.05) is 37.6 Å². The molecule has 1 fully saturated rings. The van der Waals surface area contributed by atoms with E-state index in [1.54, 1.807) is 6.07 Å². The number of amides is 1. The van der Waals surface area contributed by atoms with E-state index in [1.165, 1.54) is 6.20 Å². The number of aromatic nitrogens is 1. The molecule has 7 heteroatoms. The first-order chi connectivity index (χ1) is 12.0. The number of carbonyl (C=O) groups excluding carboxylic acids is 1. The second kappa shape index (κ2) is 7.82. The summed E-state index contributed by atoms with van der Waals surface area (Å²) >= 11 is 6.24. The van der Waals surface area contributed by atoms with E-state index < -0.39 is 12.0 Å². The Hall–Kier alpha value is -2.15. The lowest BCUT2D eigenvalue weighted by Crippen LogP contribution is -2.48. The quantitative estimate of drug-likeness (QED) is 0.847. The van der Waals surface area contributed by atoms with Gasteiger partial charge < -0.3 is 15.7 Å². The highest BCUT2D eigenvalue weighted by Crippen LogP contribution is 2.25. The smallest absolute Gasteiger partial charge is 0.250 e. The number of β-amino-alcohol motifs (C(OH)–C–C–N with tert-alkyl or cyclic N) is 1. The molecule has 0 aliphatic carbocycles. The summed E-state index contributed by atoms with van der Waals surface area (Å²) in [5.41, 5.74) is 6.47. The number of hydrogen-bond donors (Lipinski definition) is 2. The van der Waals surface area contributed by atoms with Crippen LogP contribution in [-0.2, 0) is 0 Å². The molecule has 1 aliphatic heterocycles. The largest absolute Gasteiger partial charge is 0.387 e. The maximum Gasteiger partial charge on any atom is 0.250 e. The summed E-state index contributed by atoms with van der Waals surface area (Å²) in [4.78, 5) is 19.8. The van der Waals surface area contributed by atoms with Crippen LogP contribution in [0.4, 0.5) is 5.82 Å². The Morgan fingerprint density at radius 1 is 1.24 bits per heavy atom. The molecular weight excluding hydrogens is 340 g/mol. The predicted octanol–water partition coefficient (Wildman–Crippen LogP) is 1.69. The molecule has 2 heterocycles. The van der Waals surface area contributed by atoms with E-state index in [-0.39, 0.29) is 0 Å². The number of nitrogens with zero attached hydrogens (tertiary/aromatic N) is 3. The Morgan fingerprint density at radius 2 is 1.92 bits per heavy atom. The van der Waals surface area contributed by atoms with Crippen molar-refractivity contribution in [3.05, 3.63) is 58.7 Å². The van der Waals surface area contributed by atoms with Gasteiger partial charge in [-0.1, -0.05) is 41.9 Å². The molecule has 0 bridgehead atoms. The Kier molecular flexibility index (Phi) is 5.53. The van der Waals surface area contributed by atoms with Crippen LogP contribution in [-0.4, -0.2) is 53.6 Å². The first-order valence-corrected chi connectivity index (χ1v) is 8.58. The molecule has 1 saturated heterocycles. The van der Waals surface area contributed by atoms with Gasteiger partial charge in [0.2, 0.25) is 5.91 Å². The van der Waals surface area contributed by atoms with Crippen molar-refractivity contribution in [2.45, 2.75) is 6.10 Å². The Balaban J connectivity index is 1.58. The van der Waals surface area contributed by atoms with Gasteiger partial charge in [0.25, 0.3) is 0 Å². The molecule has 1 aromatic heterocycles. The SMILES string of the molecule is NC(=O)c1cnc(N2CCN(CC(O)c3ccccc3)CC2)c(Cl)c1. The molecule has 0 radical (unpaired) electrons. The average Bonchev–Trinajstić information content (AvgIpc) is 2.63. The number of halogens is 1. The summed E-state index contributed by atoms with van der Waals surface area (Å²) < 4.78 is 0. The van der Waals surface area contributed by atoms with Crippen LogP contribution in [0.3, 0.4) is 0 Å². The molecule has 1 atom stereocenters. The summed E-state index contributed by atoms with van der Waals surface area (Å²) in [6.45, 7) is 3.72. The third-order valence-corrected chi connectivity index (χ3v) is 4.67. The maximum absolute atomic E-state index is 11.2. The topological polar surface area (TPSA) is 82.7 Å². The number of pyridine rings is 1. The lowest BCUT2D eigenvalue weighted by Gasteiger charge is -2.36. The molecule has 1 aromatic carbocycles. The van der Waals surface area contributed by atoms with Crippen molar-refractivity contribution in [1.82, 2.24) is 9.88 Å². The monoisotopic (exact) mass is 360 g/mol. The molecule has 0 saturated carbocycles. The van der Waals surface area contributed by atoms with Gasteiger partial charge in [-0.05, 0) is 11.6 Å². The molecule has 1 unspecified atom stereocenters. The number of hydrogen-bond acceptors (Lipinski definition) is 5. The van der Waals surface area contributed by atoms with E-state index in [1.807, 2.05) is 30.3 Å². The van der Waals surface area contributed by atoms with Crippen molar-refractivity contribution < 1.29 is 9.90 Å². The first kappa shape index (κ1) is 17.7. The van der Waals surface area contributed by atoms with E-state index in [0.29, 0.717) is 22.9 Å². The van der Waals surface area contributed by atoms with Gasteiger partial charge in [0.15, 0.2) is 0 Å². The molecule has 25 heavy (non-hydrogen) atoms. The fourth-order valence-electron chi connectivity index (χ4n) is 2.97. The van der Waals surface area contributed by atoms with Crippen LogP contribution in [0.25, 0.3) is 0 Å². The lowest BCUT2D eigenvalue weighted by molar-refractivity contribution is 0.1000. The van der Waals surface area contributed by atoms with Crippen LogP contribution in [0.5, 0.6) is 0 Å². The molecule has 2 aromatic rings. The zero-order chi connectivity index (χ0) is 17.8. The Bertz CT molecular complexity index is 733. The number of nitrogens with two attached hydrogens (primary N) is 1. The minimum absolute atomic E-state index is 0.304. The van der Waals surface area contributed by atoms with Crippen LogP contribution in [0.15, 0.2) is 42.6 Å². The van der Waals surface area contributed by atoms with Gasteiger partial charge in [-0.25, -0.2) is 4.98 Å². The van der Waals surface area contributed by atoms with Gasteiger partial charge in [0, 0.05) is 38.9 Å². The fraction of sp³-hybridized carbons (Fsp3) is 0.333. The first-order valence-electron chi connectivity index (χ1n) is 8.20. The predicted molar refractivity (Wildman–Crippen MR) is 97.8 cm³/mol. The molecule has 3 rings (SSSR count). The van der Waals surface area contributed by atoms with Crippen molar-refractivity contribution in [3.63, 3.8) is 0 Å². The van der Waals surface area contributed by atoms with Crippen LogP contribution >= 0.6 is 11.6 Å². The number of piperazine rings is 1. The summed E-state index contributed by atoms with van der Waals surface area (Å²) in [6.07, 6.45) is 0.957. The molecule has 1 amide bonds. The van der Waals surface area contributed by atoms with Crippen LogP contribution in [0, 0.1) is 0 Å². The normalized spacial score (nSPS) is 16.6. The molecule has 0 spiro atoms. The van der Waals surface area contributed by atoms with Crippen molar-refractivity contribution in [3.8, 4) is 0 Å².